The minimum absolute atomic E-state index is 0.0659. The number of esters is 1. The van der Waals surface area contributed by atoms with Crippen LogP contribution >= 0.6 is 27.3 Å². The first-order valence-corrected chi connectivity index (χ1v) is 7.36. The third kappa shape index (κ3) is 3.30. The number of ether oxygens (including phenoxy) is 1. The van der Waals surface area contributed by atoms with Crippen LogP contribution in [-0.4, -0.2) is 26.2 Å². The average molecular weight is 318 g/mol. The normalized spacial score (nSPS) is 16.8. The number of hydrogen-bond acceptors (Lipinski definition) is 4. The zero-order valence-corrected chi connectivity index (χ0v) is 12.2. The van der Waals surface area contributed by atoms with Gasteiger partial charge in [-0.3, -0.25) is 4.79 Å². The van der Waals surface area contributed by atoms with Crippen molar-refractivity contribution in [2.24, 2.45) is 5.41 Å². The smallest absolute Gasteiger partial charge is 0.313 e. The van der Waals surface area contributed by atoms with Crippen LogP contribution in [0.15, 0.2) is 15.9 Å². The first-order chi connectivity index (χ1) is 8.16. The Morgan fingerprint density at radius 3 is 2.94 bits per heavy atom. The zero-order valence-electron chi connectivity index (χ0n) is 9.79. The quantitative estimate of drug-likeness (QED) is 0.647. The molecule has 0 spiro atoms. The fourth-order valence-corrected chi connectivity index (χ4v) is 3.30. The first-order valence-electron chi connectivity index (χ1n) is 5.68. The molecule has 0 saturated heterocycles. The van der Waals surface area contributed by atoms with Crippen LogP contribution in [0.2, 0.25) is 0 Å². The van der Waals surface area contributed by atoms with Crippen molar-refractivity contribution in [3.63, 3.8) is 0 Å². The van der Waals surface area contributed by atoms with Gasteiger partial charge in [-0.25, -0.2) is 0 Å². The molecule has 0 amide bonds. The van der Waals surface area contributed by atoms with Gasteiger partial charge in [0.2, 0.25) is 0 Å². The van der Waals surface area contributed by atoms with Gasteiger partial charge in [-0.2, -0.15) is 0 Å². The van der Waals surface area contributed by atoms with Crippen LogP contribution < -0.4 is 5.32 Å². The molecule has 1 aromatic rings. The van der Waals surface area contributed by atoms with E-state index in [1.165, 1.54) is 12.0 Å². The number of carbonyl (C=O) groups excluding carboxylic acids is 1. The van der Waals surface area contributed by atoms with Crippen molar-refractivity contribution in [3.8, 4) is 0 Å². The van der Waals surface area contributed by atoms with Crippen LogP contribution in [0, 0.1) is 5.41 Å². The highest BCUT2D eigenvalue weighted by Crippen LogP contribution is 2.45. The summed E-state index contributed by atoms with van der Waals surface area (Å²) in [7, 11) is 1.46. The summed E-state index contributed by atoms with van der Waals surface area (Å²) in [5.41, 5.74) is -0.217. The summed E-state index contributed by atoms with van der Waals surface area (Å²) >= 11 is 5.20. The average Bonchev–Trinajstić information content (AvgIpc) is 3.01. The minimum atomic E-state index is -0.217. The molecule has 1 aliphatic rings. The molecule has 0 bridgehead atoms. The molecule has 1 saturated carbocycles. The fourth-order valence-electron chi connectivity index (χ4n) is 1.84. The van der Waals surface area contributed by atoms with Gasteiger partial charge in [0, 0.05) is 21.3 Å². The third-order valence-corrected chi connectivity index (χ3v) is 4.86. The lowest BCUT2D eigenvalue weighted by Crippen LogP contribution is -2.32. The standard InChI is InChI=1S/C12H16BrNO2S/c1-16-11(15)12(3-4-12)8-14-5-2-10-6-9(13)7-17-10/h6-7,14H,2-5,8H2,1H3. The lowest BCUT2D eigenvalue weighted by molar-refractivity contribution is -0.146. The van der Waals surface area contributed by atoms with Crippen molar-refractivity contribution >= 4 is 33.2 Å². The number of rotatable bonds is 6. The molecule has 1 N–H and O–H groups in total. The fraction of sp³-hybridized carbons (Fsp3) is 0.583. The number of thiophene rings is 1. The molecule has 17 heavy (non-hydrogen) atoms. The zero-order chi connectivity index (χ0) is 12.3. The van der Waals surface area contributed by atoms with Gasteiger partial charge in [0.1, 0.15) is 0 Å². The molecular weight excluding hydrogens is 302 g/mol. The number of carbonyl (C=O) groups is 1. The molecule has 5 heteroatoms. The summed E-state index contributed by atoms with van der Waals surface area (Å²) in [5, 5.41) is 5.44. The third-order valence-electron chi connectivity index (χ3n) is 3.11. The molecular formula is C12H16BrNO2S. The van der Waals surface area contributed by atoms with E-state index in [0.717, 1.165) is 36.8 Å². The van der Waals surface area contributed by atoms with E-state index in [4.69, 9.17) is 4.74 Å². The first kappa shape index (κ1) is 13.1. The molecule has 0 radical (unpaired) electrons. The van der Waals surface area contributed by atoms with Gasteiger partial charge in [-0.05, 0) is 47.8 Å². The Labute approximate surface area is 114 Å². The highest BCUT2D eigenvalue weighted by atomic mass is 79.9. The van der Waals surface area contributed by atoms with Gasteiger partial charge in [0.25, 0.3) is 0 Å². The molecule has 0 aromatic carbocycles. The Hall–Kier alpha value is -0.390. The molecule has 0 aliphatic heterocycles. The Morgan fingerprint density at radius 2 is 2.41 bits per heavy atom. The van der Waals surface area contributed by atoms with E-state index in [2.05, 4.69) is 32.7 Å². The molecule has 0 unspecified atom stereocenters. The Morgan fingerprint density at radius 1 is 1.65 bits per heavy atom. The molecule has 1 aliphatic carbocycles. The summed E-state index contributed by atoms with van der Waals surface area (Å²) < 4.78 is 5.96. The molecule has 2 rings (SSSR count). The van der Waals surface area contributed by atoms with E-state index >= 15 is 0 Å². The van der Waals surface area contributed by atoms with Crippen molar-refractivity contribution in [2.45, 2.75) is 19.3 Å². The molecule has 0 atom stereocenters. The lowest BCUT2D eigenvalue weighted by atomic mass is 10.1. The van der Waals surface area contributed by atoms with Crippen LogP contribution in [0.1, 0.15) is 17.7 Å². The predicted molar refractivity (Wildman–Crippen MR) is 72.3 cm³/mol. The van der Waals surface area contributed by atoms with E-state index in [-0.39, 0.29) is 11.4 Å². The van der Waals surface area contributed by atoms with Crippen LogP contribution in [-0.2, 0) is 16.0 Å². The Balaban J connectivity index is 1.68. The van der Waals surface area contributed by atoms with Gasteiger partial charge < -0.3 is 10.1 Å². The monoisotopic (exact) mass is 317 g/mol. The second-order valence-electron chi connectivity index (χ2n) is 4.43. The molecule has 3 nitrogen and oxygen atoms in total. The number of nitrogens with one attached hydrogen (secondary N) is 1. The van der Waals surface area contributed by atoms with Crippen molar-refractivity contribution in [3.05, 3.63) is 20.8 Å². The van der Waals surface area contributed by atoms with E-state index in [9.17, 15) is 4.79 Å². The van der Waals surface area contributed by atoms with Gasteiger partial charge >= 0.3 is 5.97 Å². The highest BCUT2D eigenvalue weighted by molar-refractivity contribution is 9.10. The summed E-state index contributed by atoms with van der Waals surface area (Å²) in [6.07, 6.45) is 2.92. The number of halogens is 1. The summed E-state index contributed by atoms with van der Waals surface area (Å²) in [5.74, 6) is -0.0659. The highest BCUT2D eigenvalue weighted by Gasteiger charge is 2.50. The van der Waals surface area contributed by atoms with E-state index < -0.39 is 0 Å². The molecule has 94 valence electrons. The summed E-state index contributed by atoms with van der Waals surface area (Å²) in [6, 6.07) is 2.14. The second kappa shape index (κ2) is 5.50. The van der Waals surface area contributed by atoms with E-state index in [0.29, 0.717) is 0 Å². The Kier molecular flexibility index (Phi) is 4.22. The lowest BCUT2D eigenvalue weighted by Gasteiger charge is -2.12. The van der Waals surface area contributed by atoms with Crippen molar-refractivity contribution in [1.82, 2.24) is 5.32 Å². The summed E-state index contributed by atoms with van der Waals surface area (Å²) in [4.78, 5) is 12.9. The largest absolute Gasteiger partial charge is 0.469 e. The van der Waals surface area contributed by atoms with Crippen LogP contribution in [0.4, 0.5) is 0 Å². The molecule has 1 heterocycles. The van der Waals surface area contributed by atoms with Crippen LogP contribution in [0.5, 0.6) is 0 Å². The van der Waals surface area contributed by atoms with Crippen molar-refractivity contribution in [2.75, 3.05) is 20.2 Å². The maximum absolute atomic E-state index is 11.5. The summed E-state index contributed by atoms with van der Waals surface area (Å²) in [6.45, 7) is 1.65. The predicted octanol–water partition coefficient (Wildman–Crippen LogP) is 2.60. The van der Waals surface area contributed by atoms with Gasteiger partial charge in [0.05, 0.1) is 12.5 Å². The number of methoxy groups -OCH3 is 1. The maximum atomic E-state index is 11.5. The topological polar surface area (TPSA) is 38.3 Å². The molecule has 1 aromatic heterocycles. The van der Waals surface area contributed by atoms with Gasteiger partial charge in [-0.15, -0.1) is 11.3 Å². The van der Waals surface area contributed by atoms with E-state index in [1.54, 1.807) is 11.3 Å². The second-order valence-corrected chi connectivity index (χ2v) is 6.34. The molecule has 1 fully saturated rings. The van der Waals surface area contributed by atoms with E-state index in [1.807, 2.05) is 0 Å². The van der Waals surface area contributed by atoms with Gasteiger partial charge in [-0.1, -0.05) is 0 Å². The van der Waals surface area contributed by atoms with Crippen molar-refractivity contribution < 1.29 is 9.53 Å². The van der Waals surface area contributed by atoms with Crippen LogP contribution in [0.25, 0.3) is 0 Å². The minimum Gasteiger partial charge on any atom is -0.469 e. The van der Waals surface area contributed by atoms with Crippen LogP contribution in [0.3, 0.4) is 0 Å². The SMILES string of the molecule is COC(=O)C1(CNCCc2cc(Br)cs2)CC1. The maximum Gasteiger partial charge on any atom is 0.313 e. The Bertz CT molecular complexity index is 401. The van der Waals surface area contributed by atoms with Crippen molar-refractivity contribution in [1.29, 1.82) is 0 Å². The van der Waals surface area contributed by atoms with Gasteiger partial charge in [0.15, 0.2) is 0 Å². The number of hydrogen-bond donors (Lipinski definition) is 1.